The molecule has 0 bridgehead atoms. The molecule has 0 saturated carbocycles. The normalized spacial score (nSPS) is 15.3. The zero-order valence-electron chi connectivity index (χ0n) is 17.8. The average Bonchev–Trinajstić information content (AvgIpc) is 3.31. The molecular weight excluding hydrogens is 374 g/mol. The van der Waals surface area contributed by atoms with Gasteiger partial charge in [-0.2, -0.15) is 0 Å². The van der Waals surface area contributed by atoms with Gasteiger partial charge in [0, 0.05) is 37.4 Å². The lowest BCUT2D eigenvalue weighted by molar-refractivity contribution is -0.679. The number of hydrogen-bond donors (Lipinski definition) is 1. The SMILES string of the molecule is Cc1cccc(N2CCN(C(=O)C[NH2+][C@H](c3ccccc3)c3ccco3)CC2)c1C. The number of rotatable bonds is 6. The minimum Gasteiger partial charge on any atom is -0.463 e. The Balaban J connectivity index is 1.36. The van der Waals surface area contributed by atoms with Crippen LogP contribution in [-0.2, 0) is 4.79 Å². The lowest BCUT2D eigenvalue weighted by atomic mass is 10.0. The van der Waals surface area contributed by atoms with E-state index in [0.29, 0.717) is 6.54 Å². The monoisotopic (exact) mass is 404 g/mol. The zero-order valence-corrected chi connectivity index (χ0v) is 17.8. The number of quaternary nitrogens is 1. The first-order valence-electron chi connectivity index (χ1n) is 10.6. The number of carbonyl (C=O) groups is 1. The van der Waals surface area contributed by atoms with E-state index in [1.54, 1.807) is 6.26 Å². The summed E-state index contributed by atoms with van der Waals surface area (Å²) in [7, 11) is 0. The Morgan fingerprint density at radius 2 is 1.73 bits per heavy atom. The predicted molar refractivity (Wildman–Crippen MR) is 118 cm³/mol. The fraction of sp³-hybridized carbons (Fsp3) is 0.320. The summed E-state index contributed by atoms with van der Waals surface area (Å²) in [5.41, 5.74) is 5.07. The second kappa shape index (κ2) is 9.18. The number of amides is 1. The highest BCUT2D eigenvalue weighted by Crippen LogP contribution is 2.24. The summed E-state index contributed by atoms with van der Waals surface area (Å²) < 4.78 is 5.65. The highest BCUT2D eigenvalue weighted by atomic mass is 16.3. The van der Waals surface area contributed by atoms with E-state index in [1.165, 1.54) is 16.8 Å². The molecule has 5 nitrogen and oxygen atoms in total. The largest absolute Gasteiger partial charge is 0.463 e. The number of benzene rings is 2. The van der Waals surface area contributed by atoms with Crippen LogP contribution in [0.4, 0.5) is 5.69 Å². The van der Waals surface area contributed by atoms with Crippen LogP contribution < -0.4 is 10.2 Å². The van der Waals surface area contributed by atoms with Crippen LogP contribution in [0.2, 0.25) is 0 Å². The van der Waals surface area contributed by atoms with Crippen LogP contribution in [0.3, 0.4) is 0 Å². The number of carbonyl (C=O) groups excluding carboxylic acids is 1. The van der Waals surface area contributed by atoms with Crippen molar-refractivity contribution >= 4 is 11.6 Å². The van der Waals surface area contributed by atoms with E-state index in [0.717, 1.165) is 37.5 Å². The average molecular weight is 405 g/mol. The smallest absolute Gasteiger partial charge is 0.277 e. The minimum absolute atomic E-state index is 0.0126. The second-order valence-corrected chi connectivity index (χ2v) is 7.93. The fourth-order valence-electron chi connectivity index (χ4n) is 4.17. The third-order valence-electron chi connectivity index (χ3n) is 6.09. The second-order valence-electron chi connectivity index (χ2n) is 7.93. The Hall–Kier alpha value is -3.05. The summed E-state index contributed by atoms with van der Waals surface area (Å²) >= 11 is 0. The van der Waals surface area contributed by atoms with Gasteiger partial charge in [0.15, 0.2) is 18.3 Å². The Kier molecular flexibility index (Phi) is 6.19. The molecule has 0 unspecified atom stereocenters. The molecule has 0 radical (unpaired) electrons. The summed E-state index contributed by atoms with van der Waals surface area (Å²) in [6.07, 6.45) is 1.69. The first kappa shape index (κ1) is 20.2. The first-order valence-corrected chi connectivity index (χ1v) is 10.6. The van der Waals surface area contributed by atoms with E-state index in [9.17, 15) is 4.79 Å². The molecule has 0 aliphatic carbocycles. The number of piperazine rings is 1. The van der Waals surface area contributed by atoms with E-state index in [-0.39, 0.29) is 11.9 Å². The minimum atomic E-state index is -0.0126. The molecular formula is C25H30N3O2+. The maximum atomic E-state index is 12.9. The Labute approximate surface area is 178 Å². The van der Waals surface area contributed by atoms with Gasteiger partial charge in [0.2, 0.25) is 0 Å². The van der Waals surface area contributed by atoms with E-state index in [4.69, 9.17) is 4.42 Å². The van der Waals surface area contributed by atoms with Crippen LogP contribution in [0.1, 0.15) is 28.5 Å². The van der Waals surface area contributed by atoms with Crippen molar-refractivity contribution in [1.82, 2.24) is 4.90 Å². The maximum Gasteiger partial charge on any atom is 0.277 e. The van der Waals surface area contributed by atoms with E-state index in [2.05, 4.69) is 54.4 Å². The lowest BCUT2D eigenvalue weighted by Crippen LogP contribution is -2.88. The number of anilines is 1. The topological polar surface area (TPSA) is 53.3 Å². The summed E-state index contributed by atoms with van der Waals surface area (Å²) in [6, 6.07) is 20.5. The molecule has 3 aromatic rings. The molecule has 1 aromatic heterocycles. The highest BCUT2D eigenvalue weighted by molar-refractivity contribution is 5.77. The van der Waals surface area contributed by atoms with Crippen LogP contribution in [0.15, 0.2) is 71.3 Å². The predicted octanol–water partition coefficient (Wildman–Crippen LogP) is 2.90. The van der Waals surface area contributed by atoms with Gasteiger partial charge in [-0.05, 0) is 43.2 Å². The first-order chi connectivity index (χ1) is 14.6. The van der Waals surface area contributed by atoms with Crippen LogP contribution in [-0.4, -0.2) is 43.5 Å². The van der Waals surface area contributed by atoms with Crippen molar-refractivity contribution in [2.75, 3.05) is 37.6 Å². The Morgan fingerprint density at radius 3 is 2.43 bits per heavy atom. The van der Waals surface area contributed by atoms with Crippen molar-refractivity contribution in [3.05, 3.63) is 89.4 Å². The van der Waals surface area contributed by atoms with Crippen LogP contribution in [0, 0.1) is 13.8 Å². The van der Waals surface area contributed by atoms with Gasteiger partial charge in [0.25, 0.3) is 5.91 Å². The molecule has 1 fully saturated rings. The standard InChI is InChI=1S/C25H29N3O2/c1-19-8-6-11-22(20(19)2)27-13-15-28(16-14-27)24(29)18-26-25(23-12-7-17-30-23)21-9-4-3-5-10-21/h3-12,17,25-26H,13-16,18H2,1-2H3/p+1/t25-/m1/s1. The maximum absolute atomic E-state index is 12.9. The van der Waals surface area contributed by atoms with E-state index >= 15 is 0 Å². The molecule has 1 aliphatic heterocycles. The molecule has 2 heterocycles. The molecule has 1 aliphatic rings. The van der Waals surface area contributed by atoms with Crippen LogP contribution in [0.25, 0.3) is 0 Å². The fourth-order valence-corrected chi connectivity index (χ4v) is 4.17. The van der Waals surface area contributed by atoms with Crippen molar-refractivity contribution in [2.45, 2.75) is 19.9 Å². The molecule has 1 atom stereocenters. The quantitative estimate of drug-likeness (QED) is 0.687. The summed E-state index contributed by atoms with van der Waals surface area (Å²) in [4.78, 5) is 17.3. The highest BCUT2D eigenvalue weighted by Gasteiger charge is 2.26. The van der Waals surface area contributed by atoms with Gasteiger partial charge in [-0.3, -0.25) is 4.79 Å². The van der Waals surface area contributed by atoms with Gasteiger partial charge in [-0.15, -0.1) is 0 Å². The molecule has 1 amide bonds. The number of furan rings is 1. The molecule has 156 valence electrons. The molecule has 4 rings (SSSR count). The van der Waals surface area contributed by atoms with Gasteiger partial charge in [-0.1, -0.05) is 42.5 Å². The van der Waals surface area contributed by atoms with Crippen molar-refractivity contribution in [3.63, 3.8) is 0 Å². The van der Waals surface area contributed by atoms with Gasteiger partial charge in [-0.25, -0.2) is 0 Å². The van der Waals surface area contributed by atoms with Crippen molar-refractivity contribution in [2.24, 2.45) is 0 Å². The van der Waals surface area contributed by atoms with Gasteiger partial charge in [0.05, 0.1) is 6.26 Å². The van der Waals surface area contributed by atoms with E-state index in [1.807, 2.05) is 35.2 Å². The molecule has 1 saturated heterocycles. The summed E-state index contributed by atoms with van der Waals surface area (Å²) in [5.74, 6) is 1.05. The molecule has 0 spiro atoms. The number of nitrogens with two attached hydrogens (primary N) is 1. The third kappa shape index (κ3) is 4.41. The molecule has 30 heavy (non-hydrogen) atoms. The molecule has 2 aromatic carbocycles. The summed E-state index contributed by atoms with van der Waals surface area (Å²) in [5, 5.41) is 2.08. The number of nitrogens with zero attached hydrogens (tertiary/aromatic N) is 2. The van der Waals surface area contributed by atoms with E-state index < -0.39 is 0 Å². The lowest BCUT2D eigenvalue weighted by Gasteiger charge is -2.36. The Bertz CT molecular complexity index is 961. The molecule has 2 N–H and O–H groups in total. The van der Waals surface area contributed by atoms with Gasteiger partial charge >= 0.3 is 0 Å². The van der Waals surface area contributed by atoms with Crippen molar-refractivity contribution in [3.8, 4) is 0 Å². The number of hydrogen-bond acceptors (Lipinski definition) is 3. The van der Waals surface area contributed by atoms with Crippen molar-refractivity contribution in [1.29, 1.82) is 0 Å². The van der Waals surface area contributed by atoms with Crippen molar-refractivity contribution < 1.29 is 14.5 Å². The summed E-state index contributed by atoms with van der Waals surface area (Å²) in [6.45, 7) is 8.00. The Morgan fingerprint density at radius 1 is 0.967 bits per heavy atom. The zero-order chi connectivity index (χ0) is 20.9. The third-order valence-corrected chi connectivity index (χ3v) is 6.09. The van der Waals surface area contributed by atoms with Gasteiger partial charge < -0.3 is 19.5 Å². The molecule has 5 heteroatoms. The van der Waals surface area contributed by atoms with Crippen LogP contribution >= 0.6 is 0 Å². The number of aryl methyl sites for hydroxylation is 1. The van der Waals surface area contributed by atoms with Gasteiger partial charge in [0.1, 0.15) is 0 Å². The van der Waals surface area contributed by atoms with Crippen LogP contribution in [0.5, 0.6) is 0 Å².